The maximum Gasteiger partial charge on any atom is 0.249 e. The number of rotatable bonds is 10. The number of likely N-dealkylation sites (tertiary alicyclic amines) is 1. The van der Waals surface area contributed by atoms with Gasteiger partial charge in [0.05, 0.1) is 5.70 Å². The van der Waals surface area contributed by atoms with Gasteiger partial charge in [-0.1, -0.05) is 69.3 Å². The molecule has 1 aromatic carbocycles. The first-order valence-corrected chi connectivity index (χ1v) is 12.8. The normalized spacial score (nSPS) is 16.2. The highest BCUT2D eigenvalue weighted by Gasteiger charge is 2.25. The number of amidine groups is 1. The molecule has 31 heavy (non-hydrogen) atoms. The van der Waals surface area contributed by atoms with Gasteiger partial charge in [-0.05, 0) is 56.7 Å². The lowest BCUT2D eigenvalue weighted by Crippen LogP contribution is -2.46. The largest absolute Gasteiger partial charge is 0.351 e. The molecule has 1 aromatic rings. The number of nitrogens with zero attached hydrogens (tertiary/aromatic N) is 3. The van der Waals surface area contributed by atoms with E-state index in [9.17, 15) is 8.78 Å². The van der Waals surface area contributed by atoms with Crippen molar-refractivity contribution in [3.05, 3.63) is 42.0 Å². The molecule has 0 amide bonds. The van der Waals surface area contributed by atoms with Crippen LogP contribution in [0.15, 0.2) is 35.8 Å². The molecule has 3 nitrogen and oxygen atoms in total. The molecule has 0 saturated carbocycles. The van der Waals surface area contributed by atoms with Crippen LogP contribution in [-0.4, -0.2) is 59.4 Å². The molecular formula is C25H39F2N3S. The van der Waals surface area contributed by atoms with Gasteiger partial charge in [-0.25, -0.2) is 13.8 Å². The monoisotopic (exact) mass is 451 g/mol. The lowest BCUT2D eigenvalue weighted by Gasteiger charge is -2.39. The fourth-order valence-electron chi connectivity index (χ4n) is 4.18. The van der Waals surface area contributed by atoms with Crippen molar-refractivity contribution in [1.82, 2.24) is 9.80 Å². The van der Waals surface area contributed by atoms with Crippen LogP contribution in [0, 0.1) is 0 Å². The zero-order valence-electron chi connectivity index (χ0n) is 19.7. The SMILES string of the molecule is C=C(N=C(SC)N1CCC(N(CC)CCCCC)CC1)c1ccc(CC(C)(F)F)cc1. The predicted molar refractivity (Wildman–Crippen MR) is 132 cm³/mol. The molecule has 0 bridgehead atoms. The van der Waals surface area contributed by atoms with Crippen molar-refractivity contribution >= 4 is 22.6 Å². The summed E-state index contributed by atoms with van der Waals surface area (Å²) in [5, 5.41) is 0.988. The number of hydrogen-bond acceptors (Lipinski definition) is 3. The zero-order valence-corrected chi connectivity index (χ0v) is 20.5. The highest BCUT2D eigenvalue weighted by atomic mass is 32.2. The Morgan fingerprint density at radius 2 is 1.84 bits per heavy atom. The third kappa shape index (κ3) is 8.57. The summed E-state index contributed by atoms with van der Waals surface area (Å²) < 4.78 is 26.4. The van der Waals surface area contributed by atoms with Gasteiger partial charge in [-0.3, -0.25) is 0 Å². The van der Waals surface area contributed by atoms with E-state index in [0.717, 1.165) is 50.1 Å². The average molecular weight is 452 g/mol. The molecule has 0 atom stereocenters. The molecule has 6 heteroatoms. The van der Waals surface area contributed by atoms with Crippen LogP contribution in [0.4, 0.5) is 8.78 Å². The van der Waals surface area contributed by atoms with Gasteiger partial charge in [0.15, 0.2) is 5.17 Å². The molecule has 174 valence electrons. The predicted octanol–water partition coefficient (Wildman–Crippen LogP) is 6.55. The number of unbranched alkanes of at least 4 members (excludes halogenated alkanes) is 2. The summed E-state index contributed by atoms with van der Waals surface area (Å²) in [5.41, 5.74) is 2.17. The van der Waals surface area contributed by atoms with E-state index in [4.69, 9.17) is 4.99 Å². The van der Waals surface area contributed by atoms with Crippen molar-refractivity contribution in [1.29, 1.82) is 0 Å². The minimum atomic E-state index is -2.70. The van der Waals surface area contributed by atoms with Gasteiger partial charge in [0.25, 0.3) is 0 Å². The fraction of sp³-hybridized carbons (Fsp3) is 0.640. The molecule has 1 fully saturated rings. The maximum atomic E-state index is 13.2. The molecule has 0 N–H and O–H groups in total. The summed E-state index contributed by atoms with van der Waals surface area (Å²) in [6, 6.07) is 7.83. The Bertz CT molecular complexity index is 704. The first kappa shape index (κ1) is 25.9. The maximum absolute atomic E-state index is 13.2. The molecule has 1 saturated heterocycles. The summed E-state index contributed by atoms with van der Waals surface area (Å²) in [6.45, 7) is 13.9. The number of aliphatic imine (C=N–C) groups is 1. The van der Waals surface area contributed by atoms with Crippen molar-refractivity contribution in [2.75, 3.05) is 32.4 Å². The van der Waals surface area contributed by atoms with Crippen LogP contribution in [0.1, 0.15) is 64.0 Å². The average Bonchev–Trinajstić information content (AvgIpc) is 2.74. The van der Waals surface area contributed by atoms with E-state index in [0.29, 0.717) is 17.3 Å². The van der Waals surface area contributed by atoms with E-state index in [-0.39, 0.29) is 6.42 Å². The topological polar surface area (TPSA) is 18.8 Å². The molecule has 0 spiro atoms. The van der Waals surface area contributed by atoms with Crippen molar-refractivity contribution in [2.45, 2.75) is 71.3 Å². The molecule has 0 aliphatic carbocycles. The van der Waals surface area contributed by atoms with E-state index < -0.39 is 5.92 Å². The van der Waals surface area contributed by atoms with Gasteiger partial charge in [0.1, 0.15) is 0 Å². The Balaban J connectivity index is 1.95. The summed E-state index contributed by atoms with van der Waals surface area (Å²) in [5.74, 6) is -2.70. The molecule has 1 aliphatic heterocycles. The Morgan fingerprint density at radius 3 is 2.35 bits per heavy atom. The van der Waals surface area contributed by atoms with Gasteiger partial charge in [-0.2, -0.15) is 0 Å². The lowest BCUT2D eigenvalue weighted by atomic mass is 10.0. The third-order valence-electron chi connectivity index (χ3n) is 5.92. The van der Waals surface area contributed by atoms with E-state index >= 15 is 0 Å². The van der Waals surface area contributed by atoms with Gasteiger partial charge in [0.2, 0.25) is 5.92 Å². The smallest absolute Gasteiger partial charge is 0.249 e. The highest BCUT2D eigenvalue weighted by Crippen LogP contribution is 2.24. The van der Waals surface area contributed by atoms with Crippen molar-refractivity contribution in [3.8, 4) is 0 Å². The minimum absolute atomic E-state index is 0.249. The lowest BCUT2D eigenvalue weighted by molar-refractivity contribution is 0.0226. The van der Waals surface area contributed by atoms with Crippen LogP contribution in [0.3, 0.4) is 0 Å². The van der Waals surface area contributed by atoms with E-state index in [2.05, 4.69) is 30.2 Å². The zero-order chi connectivity index (χ0) is 22.9. The van der Waals surface area contributed by atoms with Gasteiger partial charge >= 0.3 is 0 Å². The van der Waals surface area contributed by atoms with Crippen LogP contribution in [0.2, 0.25) is 0 Å². The van der Waals surface area contributed by atoms with Crippen molar-refractivity contribution < 1.29 is 8.78 Å². The highest BCUT2D eigenvalue weighted by molar-refractivity contribution is 8.13. The molecule has 0 unspecified atom stereocenters. The Labute approximate surface area is 192 Å². The first-order chi connectivity index (χ1) is 14.8. The van der Waals surface area contributed by atoms with Crippen molar-refractivity contribution in [3.63, 3.8) is 0 Å². The fourth-order valence-corrected chi connectivity index (χ4v) is 4.83. The number of thioether (sulfide) groups is 1. The molecule has 2 rings (SSSR count). The third-order valence-corrected chi connectivity index (χ3v) is 6.64. The van der Waals surface area contributed by atoms with Crippen LogP contribution < -0.4 is 0 Å². The molecule has 1 aliphatic rings. The molecule has 0 aromatic heterocycles. The number of benzene rings is 1. The second-order valence-electron chi connectivity index (χ2n) is 8.54. The second kappa shape index (κ2) is 12.6. The standard InChI is InChI=1S/C25H39F2N3S/c1-6-8-9-16-29(7-2)23-14-17-30(18-15-23)24(31-5)28-20(3)22-12-10-21(11-13-22)19-25(4,26)27/h10-13,23H,3,6-9,14-19H2,1-2,4-5H3. The van der Waals surface area contributed by atoms with Crippen molar-refractivity contribution in [2.24, 2.45) is 4.99 Å². The van der Waals surface area contributed by atoms with Gasteiger partial charge in [0, 0.05) is 25.6 Å². The number of hydrogen-bond donors (Lipinski definition) is 0. The Kier molecular flexibility index (Phi) is 10.5. The summed E-state index contributed by atoms with van der Waals surface area (Å²) in [7, 11) is 0. The molecule has 0 radical (unpaired) electrons. The van der Waals surface area contributed by atoms with Gasteiger partial charge in [-0.15, -0.1) is 0 Å². The Hall–Kier alpha value is -1.40. The van der Waals surface area contributed by atoms with Crippen LogP contribution in [0.25, 0.3) is 5.70 Å². The minimum Gasteiger partial charge on any atom is -0.351 e. The molecular weight excluding hydrogens is 412 g/mol. The molecule has 1 heterocycles. The van der Waals surface area contributed by atoms with E-state index in [1.165, 1.54) is 25.8 Å². The van der Waals surface area contributed by atoms with Crippen LogP contribution in [-0.2, 0) is 6.42 Å². The quantitative estimate of drug-likeness (QED) is 0.228. The van der Waals surface area contributed by atoms with Crippen LogP contribution in [0.5, 0.6) is 0 Å². The summed E-state index contributed by atoms with van der Waals surface area (Å²) in [6.07, 6.45) is 7.98. The number of alkyl halides is 2. The number of piperidine rings is 1. The van der Waals surface area contributed by atoms with E-state index in [1.54, 1.807) is 23.9 Å². The van der Waals surface area contributed by atoms with Crippen LogP contribution >= 0.6 is 11.8 Å². The van der Waals surface area contributed by atoms with Gasteiger partial charge < -0.3 is 9.80 Å². The number of halogens is 2. The van der Waals surface area contributed by atoms with E-state index in [1.807, 2.05) is 18.4 Å². The second-order valence-corrected chi connectivity index (χ2v) is 9.32. The first-order valence-electron chi connectivity index (χ1n) is 11.5. The summed E-state index contributed by atoms with van der Waals surface area (Å²) >= 11 is 1.65. The summed E-state index contributed by atoms with van der Waals surface area (Å²) in [4.78, 5) is 9.79. The Morgan fingerprint density at radius 1 is 1.19 bits per heavy atom.